The molecule has 0 spiro atoms. The van der Waals surface area contributed by atoms with Crippen molar-refractivity contribution in [3.8, 4) is 5.75 Å². The van der Waals surface area contributed by atoms with E-state index in [4.69, 9.17) is 9.72 Å². The highest BCUT2D eigenvalue weighted by atomic mass is 79.9. The smallest absolute Gasteiger partial charge is 0.142 e. The Hall–Kier alpha value is -1.59. The van der Waals surface area contributed by atoms with Crippen LogP contribution < -0.4 is 10.1 Å². The SMILES string of the molecule is COc1ccc(Br)cc1NC(C)c1nc2ccccc2s1. The molecule has 1 heterocycles. The van der Waals surface area contributed by atoms with Crippen molar-refractivity contribution in [2.75, 3.05) is 12.4 Å². The lowest BCUT2D eigenvalue weighted by Crippen LogP contribution is -2.07. The minimum absolute atomic E-state index is 0.116. The molecule has 2 aromatic carbocycles. The predicted molar refractivity (Wildman–Crippen MR) is 92.4 cm³/mol. The number of halogens is 1. The van der Waals surface area contributed by atoms with Crippen LogP contribution in [-0.2, 0) is 0 Å². The van der Waals surface area contributed by atoms with E-state index in [2.05, 4.69) is 34.2 Å². The fraction of sp³-hybridized carbons (Fsp3) is 0.188. The maximum absolute atomic E-state index is 5.40. The first kappa shape index (κ1) is 14.4. The van der Waals surface area contributed by atoms with Crippen molar-refractivity contribution >= 4 is 43.2 Å². The van der Waals surface area contributed by atoms with Crippen molar-refractivity contribution in [2.24, 2.45) is 0 Å². The van der Waals surface area contributed by atoms with E-state index < -0.39 is 0 Å². The normalized spacial score (nSPS) is 12.3. The lowest BCUT2D eigenvalue weighted by molar-refractivity contribution is 0.416. The van der Waals surface area contributed by atoms with E-state index in [1.54, 1.807) is 18.4 Å². The van der Waals surface area contributed by atoms with Crippen LogP contribution >= 0.6 is 27.3 Å². The Kier molecular flexibility index (Phi) is 4.12. The Balaban J connectivity index is 1.89. The first-order valence-corrected chi connectivity index (χ1v) is 8.24. The number of methoxy groups -OCH3 is 1. The number of benzene rings is 2. The topological polar surface area (TPSA) is 34.1 Å². The highest BCUT2D eigenvalue weighted by Gasteiger charge is 2.13. The van der Waals surface area contributed by atoms with E-state index >= 15 is 0 Å². The minimum atomic E-state index is 0.116. The Bertz CT molecular complexity index is 739. The van der Waals surface area contributed by atoms with Gasteiger partial charge in [-0.05, 0) is 37.3 Å². The number of ether oxygens (including phenoxy) is 1. The summed E-state index contributed by atoms with van der Waals surface area (Å²) >= 11 is 5.21. The molecule has 21 heavy (non-hydrogen) atoms. The predicted octanol–water partition coefficient (Wildman–Crippen LogP) is 5.24. The van der Waals surface area contributed by atoms with Gasteiger partial charge < -0.3 is 10.1 Å². The summed E-state index contributed by atoms with van der Waals surface area (Å²) in [5.41, 5.74) is 2.01. The molecule has 0 fully saturated rings. The molecule has 0 bridgehead atoms. The van der Waals surface area contributed by atoms with Crippen molar-refractivity contribution in [1.82, 2.24) is 4.98 Å². The molecule has 3 nitrogen and oxygen atoms in total. The molecule has 1 aromatic heterocycles. The van der Waals surface area contributed by atoms with Gasteiger partial charge in [0, 0.05) is 4.47 Å². The summed E-state index contributed by atoms with van der Waals surface area (Å²) in [5.74, 6) is 0.825. The van der Waals surface area contributed by atoms with E-state index in [-0.39, 0.29) is 6.04 Å². The van der Waals surface area contributed by atoms with Crippen molar-refractivity contribution in [3.05, 3.63) is 51.9 Å². The molecule has 0 saturated carbocycles. The molecule has 0 aliphatic rings. The molecule has 0 amide bonds. The molecule has 0 aliphatic heterocycles. The quantitative estimate of drug-likeness (QED) is 0.688. The van der Waals surface area contributed by atoms with Gasteiger partial charge >= 0.3 is 0 Å². The van der Waals surface area contributed by atoms with Gasteiger partial charge in [-0.2, -0.15) is 0 Å². The standard InChI is InChI=1S/C16H15BrN2OS/c1-10(16-19-12-5-3-4-6-15(12)21-16)18-13-9-11(17)7-8-14(13)20-2/h3-10,18H,1-2H3. The van der Waals surface area contributed by atoms with Crippen molar-refractivity contribution < 1.29 is 4.74 Å². The Morgan fingerprint density at radius 2 is 2.05 bits per heavy atom. The molecule has 0 radical (unpaired) electrons. The summed E-state index contributed by atoms with van der Waals surface area (Å²) < 4.78 is 7.62. The van der Waals surface area contributed by atoms with Crippen LogP contribution in [0.3, 0.4) is 0 Å². The van der Waals surface area contributed by atoms with Gasteiger partial charge in [-0.15, -0.1) is 11.3 Å². The number of rotatable bonds is 4. The molecule has 1 unspecified atom stereocenters. The van der Waals surface area contributed by atoms with Crippen molar-refractivity contribution in [3.63, 3.8) is 0 Å². The summed E-state index contributed by atoms with van der Waals surface area (Å²) in [5, 5.41) is 4.54. The van der Waals surface area contributed by atoms with Gasteiger partial charge in [0.15, 0.2) is 0 Å². The maximum Gasteiger partial charge on any atom is 0.142 e. The monoisotopic (exact) mass is 362 g/mol. The largest absolute Gasteiger partial charge is 0.495 e. The fourth-order valence-corrected chi connectivity index (χ4v) is 3.49. The molecular weight excluding hydrogens is 348 g/mol. The maximum atomic E-state index is 5.40. The molecule has 108 valence electrons. The lowest BCUT2D eigenvalue weighted by Gasteiger charge is -2.16. The van der Waals surface area contributed by atoms with Crippen LogP contribution in [0.4, 0.5) is 5.69 Å². The van der Waals surface area contributed by atoms with Crippen LogP contribution in [0.5, 0.6) is 5.75 Å². The number of hydrogen-bond donors (Lipinski definition) is 1. The van der Waals surface area contributed by atoms with Crippen LogP contribution in [0.25, 0.3) is 10.2 Å². The molecule has 0 aliphatic carbocycles. The average Bonchev–Trinajstić information content (AvgIpc) is 2.91. The van der Waals surface area contributed by atoms with Gasteiger partial charge in [0.25, 0.3) is 0 Å². The number of para-hydroxylation sites is 1. The molecule has 3 aromatic rings. The van der Waals surface area contributed by atoms with Crippen LogP contribution in [0.15, 0.2) is 46.9 Å². The average molecular weight is 363 g/mol. The van der Waals surface area contributed by atoms with E-state index in [1.165, 1.54) is 4.70 Å². The number of fused-ring (bicyclic) bond motifs is 1. The van der Waals surface area contributed by atoms with E-state index in [0.29, 0.717) is 0 Å². The van der Waals surface area contributed by atoms with Gasteiger partial charge in [-0.3, -0.25) is 0 Å². The van der Waals surface area contributed by atoms with Crippen LogP contribution in [0.1, 0.15) is 18.0 Å². The van der Waals surface area contributed by atoms with Gasteiger partial charge in [-0.25, -0.2) is 4.98 Å². The second kappa shape index (κ2) is 6.03. The molecule has 1 N–H and O–H groups in total. The second-order valence-corrected chi connectivity index (χ2v) is 6.71. The third-order valence-electron chi connectivity index (χ3n) is 3.21. The van der Waals surface area contributed by atoms with E-state index in [0.717, 1.165) is 26.4 Å². The molecule has 5 heteroatoms. The Labute approximate surface area is 136 Å². The van der Waals surface area contributed by atoms with Crippen LogP contribution in [0.2, 0.25) is 0 Å². The summed E-state index contributed by atoms with van der Waals surface area (Å²) in [7, 11) is 1.68. The zero-order valence-electron chi connectivity index (χ0n) is 11.8. The summed E-state index contributed by atoms with van der Waals surface area (Å²) in [4.78, 5) is 4.69. The molecule has 1 atom stereocenters. The van der Waals surface area contributed by atoms with Crippen molar-refractivity contribution in [1.29, 1.82) is 0 Å². The third kappa shape index (κ3) is 3.04. The Morgan fingerprint density at radius 3 is 2.81 bits per heavy atom. The number of aromatic nitrogens is 1. The summed E-state index contributed by atoms with van der Waals surface area (Å²) in [6.45, 7) is 2.11. The second-order valence-electron chi connectivity index (χ2n) is 4.73. The van der Waals surface area contributed by atoms with Gasteiger partial charge in [0.1, 0.15) is 10.8 Å². The fourth-order valence-electron chi connectivity index (χ4n) is 2.16. The van der Waals surface area contributed by atoms with Crippen LogP contribution in [0, 0.1) is 0 Å². The van der Waals surface area contributed by atoms with Gasteiger partial charge in [-0.1, -0.05) is 28.1 Å². The first-order valence-electron chi connectivity index (χ1n) is 6.63. The van der Waals surface area contributed by atoms with Gasteiger partial charge in [0.05, 0.1) is 29.1 Å². The third-order valence-corrected chi connectivity index (χ3v) is 4.93. The summed E-state index contributed by atoms with van der Waals surface area (Å²) in [6.07, 6.45) is 0. The van der Waals surface area contributed by atoms with E-state index in [9.17, 15) is 0 Å². The van der Waals surface area contributed by atoms with Crippen molar-refractivity contribution in [2.45, 2.75) is 13.0 Å². The number of nitrogens with zero attached hydrogens (tertiary/aromatic N) is 1. The lowest BCUT2D eigenvalue weighted by atomic mass is 10.2. The highest BCUT2D eigenvalue weighted by Crippen LogP contribution is 2.33. The number of anilines is 1. The zero-order valence-corrected chi connectivity index (χ0v) is 14.2. The molecule has 3 rings (SSSR count). The van der Waals surface area contributed by atoms with Gasteiger partial charge in [0.2, 0.25) is 0 Å². The molecular formula is C16H15BrN2OS. The zero-order chi connectivity index (χ0) is 14.8. The van der Waals surface area contributed by atoms with Crippen LogP contribution in [-0.4, -0.2) is 12.1 Å². The van der Waals surface area contributed by atoms with E-state index in [1.807, 2.05) is 36.4 Å². The first-order chi connectivity index (χ1) is 10.2. The number of hydrogen-bond acceptors (Lipinski definition) is 4. The number of nitrogens with one attached hydrogen (secondary N) is 1. The highest BCUT2D eigenvalue weighted by molar-refractivity contribution is 9.10. The Morgan fingerprint density at radius 1 is 1.24 bits per heavy atom. The molecule has 0 saturated heterocycles. The summed E-state index contributed by atoms with van der Waals surface area (Å²) in [6, 6.07) is 14.2. The number of thiazole rings is 1. The minimum Gasteiger partial charge on any atom is -0.495 e.